The fourth-order valence-electron chi connectivity index (χ4n) is 15.4. The number of hydrogen-bond acceptors (Lipinski definition) is 7. The van der Waals surface area contributed by atoms with Gasteiger partial charge in [0.1, 0.15) is 40.7 Å². The van der Waals surface area contributed by atoms with Crippen molar-refractivity contribution in [3.8, 4) is 33.4 Å². The molecular weight excluding hydrogens is 1390 g/mol. The van der Waals surface area contributed by atoms with Gasteiger partial charge in [-0.05, 0) is 277 Å². The van der Waals surface area contributed by atoms with Crippen molar-refractivity contribution in [1.29, 1.82) is 0 Å². The van der Waals surface area contributed by atoms with Crippen LogP contribution < -0.4 is 0 Å². The van der Waals surface area contributed by atoms with Crippen LogP contribution in [0.4, 0.5) is 61.9 Å². The van der Waals surface area contributed by atoms with E-state index >= 15 is 0 Å². The molecule has 0 N–H and O–H groups in total. The first-order valence-corrected chi connectivity index (χ1v) is 37.6. The number of benzene rings is 6. The van der Waals surface area contributed by atoms with Crippen LogP contribution in [0.25, 0.3) is 33.4 Å². The first-order chi connectivity index (χ1) is 50.1. The maximum absolute atomic E-state index is 14.9. The van der Waals surface area contributed by atoms with Crippen LogP contribution in [0.2, 0.25) is 5.02 Å². The third-order valence-electron chi connectivity index (χ3n) is 21.5. The molecule has 7 nitrogen and oxygen atoms in total. The van der Waals surface area contributed by atoms with Crippen LogP contribution >= 0.6 is 11.6 Å². The van der Waals surface area contributed by atoms with Crippen molar-refractivity contribution in [1.82, 2.24) is 0 Å². The number of carbonyl (C=O) groups excluding carboxylic acids is 1. The smallest absolute Gasteiger partial charge is 0.352 e. The molecule has 6 aromatic carbocycles. The molecule has 0 bridgehead atoms. The van der Waals surface area contributed by atoms with Crippen LogP contribution in [-0.2, 0) is 28.4 Å². The van der Waals surface area contributed by atoms with E-state index in [2.05, 4.69) is 20.8 Å². The van der Waals surface area contributed by atoms with E-state index < -0.39 is 65.6 Å². The molecular formula is C83H100ClF13O7. The summed E-state index contributed by atoms with van der Waals surface area (Å²) in [5.41, 5.74) is 3.40. The highest BCUT2D eigenvalue weighted by atomic mass is 35.5. The molecule has 0 amide bonds. The van der Waals surface area contributed by atoms with Crippen molar-refractivity contribution in [2.24, 2.45) is 35.5 Å². The second-order valence-corrected chi connectivity index (χ2v) is 29.2. The molecule has 3 saturated heterocycles. The lowest BCUT2D eigenvalue weighted by Gasteiger charge is -2.32. The molecule has 6 fully saturated rings. The highest BCUT2D eigenvalue weighted by Gasteiger charge is 2.32. The Morgan fingerprint density at radius 2 is 0.769 bits per heavy atom. The number of carbonyl (C=O) groups is 1. The van der Waals surface area contributed by atoms with E-state index in [1.165, 1.54) is 61.5 Å². The highest BCUT2D eigenvalue weighted by molar-refractivity contribution is 6.33. The van der Waals surface area contributed by atoms with Gasteiger partial charge in [-0.3, -0.25) is 0 Å². The van der Waals surface area contributed by atoms with Crippen molar-refractivity contribution in [2.45, 2.75) is 212 Å². The summed E-state index contributed by atoms with van der Waals surface area (Å²) in [4.78, 5) is 8.11. The molecule has 6 aromatic rings. The molecule has 0 atom stereocenters. The number of hydrogen-bond donors (Lipinski definition) is 0. The zero-order valence-electron chi connectivity index (χ0n) is 60.0. The van der Waals surface area contributed by atoms with Crippen LogP contribution in [0.3, 0.4) is 0 Å². The maximum Gasteiger partial charge on any atom is 0.483 e. The van der Waals surface area contributed by atoms with E-state index in [1.54, 1.807) is 18.2 Å². The number of halogens is 14. The fourth-order valence-corrected chi connectivity index (χ4v) is 15.8. The van der Waals surface area contributed by atoms with Gasteiger partial charge in [0.15, 0.2) is 30.5 Å². The van der Waals surface area contributed by atoms with Gasteiger partial charge < -0.3 is 28.4 Å². The Bertz CT molecular complexity index is 3520. The average Bonchev–Trinajstić information content (AvgIpc) is 0.806. The monoisotopic (exact) mass is 1490 g/mol. The Labute approximate surface area is 609 Å². The van der Waals surface area contributed by atoms with Gasteiger partial charge in [-0.15, -0.1) is 8.78 Å². The van der Waals surface area contributed by atoms with Gasteiger partial charge in [-0.2, -0.15) is 0 Å². The Morgan fingerprint density at radius 1 is 0.385 bits per heavy atom. The number of ether oxygens (including phenoxy) is 6. The molecule has 6 aliphatic rings. The predicted octanol–water partition coefficient (Wildman–Crippen LogP) is 25.3. The Morgan fingerprint density at radius 3 is 1.16 bits per heavy atom. The Hall–Kier alpha value is -5.87. The average molecular weight is 1490 g/mol. The molecule has 12 rings (SSSR count). The quantitative estimate of drug-likeness (QED) is 0.0557. The summed E-state index contributed by atoms with van der Waals surface area (Å²) in [5.74, 6) is -1.76. The third-order valence-corrected chi connectivity index (χ3v) is 21.8. The first kappa shape index (κ1) is 83.8. The normalized spacial score (nSPS) is 24.8. The second kappa shape index (κ2) is 42.6. The molecule has 3 aliphatic carbocycles. The first-order valence-electron chi connectivity index (χ1n) is 37.2. The molecule has 3 aliphatic heterocycles. The van der Waals surface area contributed by atoms with Gasteiger partial charge >= 0.3 is 6.29 Å². The zero-order valence-corrected chi connectivity index (χ0v) is 60.8. The number of rotatable bonds is 20. The van der Waals surface area contributed by atoms with Crippen LogP contribution in [0.5, 0.6) is 0 Å². The molecule has 0 unspecified atom stereocenters. The second-order valence-electron chi connectivity index (χ2n) is 28.7. The van der Waals surface area contributed by atoms with E-state index in [0.717, 1.165) is 217 Å². The third kappa shape index (κ3) is 25.4. The van der Waals surface area contributed by atoms with Gasteiger partial charge in [0.05, 0.1) is 50.2 Å². The molecule has 0 spiro atoms. The standard InChI is InChI=1S/C27H32ClF3O2.2C27H33F3O2.CF2O.CH2F2/c1-2-3-18-15-32-26(33-16-18)11-6-17-4-7-19(8-5-17)21-12-22(28)27(25(31)14-21)20-9-10-23(29)24(30)13-20;1-3-18-15-31-27(32-16-18)11-6-19-4-7-20(8-5-19)21-9-10-23(26(30)12-21)22-13-24(28)17(2)25(29)14-22;1-2-4-19-16-31-26(32-17-19)12-9-18-7-10-20(11-8-18)22-14-24(29)27(25(30)15-22)21-5-3-6-23(28)13-21;2-1(3)4;2-1-3/h9-10,12-14,17-19,26H,2-8,11,15-16H2,1H3;9-10,12-14,18-20,27H,3-8,11,15-16H2,1-2H3;3,5-6,13-15,18-20,26H,2,4,7-12,16-17H2,1H3;;1H2. The van der Waals surface area contributed by atoms with Crippen molar-refractivity contribution < 1.29 is 90.3 Å². The molecule has 3 saturated carbocycles. The van der Waals surface area contributed by atoms with Gasteiger partial charge in [0, 0.05) is 34.4 Å². The zero-order chi connectivity index (χ0) is 74.8. The summed E-state index contributed by atoms with van der Waals surface area (Å²) >= 11 is 6.39. The molecule has 104 heavy (non-hydrogen) atoms. The van der Waals surface area contributed by atoms with Crippen LogP contribution in [0.15, 0.2) is 97.1 Å². The lowest BCUT2D eigenvalue weighted by atomic mass is 9.77. The maximum atomic E-state index is 14.9. The minimum Gasteiger partial charge on any atom is -0.352 e. The van der Waals surface area contributed by atoms with Gasteiger partial charge in [-0.1, -0.05) is 75.5 Å². The van der Waals surface area contributed by atoms with E-state index in [4.69, 9.17) is 44.8 Å². The topological polar surface area (TPSA) is 72.5 Å². The SMILES string of the molecule is CCC1COC(CCC2CCC(c3ccc(-c4cc(F)c(C)c(F)c4)c(F)c3)CC2)OC1.CCCC1COC(CCC2CCC(c3cc(F)c(-c4ccc(F)c(F)c4)c(Cl)c3)CC2)OC1.CCCC1COC(CCC2CCC(c3cc(F)c(-c4cccc(F)c4)c(F)c3)CC2)OC1.FCF.O=C(F)F. The summed E-state index contributed by atoms with van der Waals surface area (Å²) in [5, 5.41) is 0.228. The van der Waals surface area contributed by atoms with Crippen LogP contribution in [-0.4, -0.2) is 71.7 Å². The minimum absolute atomic E-state index is 0.0469. The van der Waals surface area contributed by atoms with Crippen molar-refractivity contribution in [3.63, 3.8) is 0 Å². The van der Waals surface area contributed by atoms with Gasteiger partial charge in [0.2, 0.25) is 6.93 Å². The van der Waals surface area contributed by atoms with Crippen molar-refractivity contribution >= 4 is 17.9 Å². The molecule has 0 radical (unpaired) electrons. The van der Waals surface area contributed by atoms with E-state index in [0.29, 0.717) is 47.0 Å². The predicted molar refractivity (Wildman–Crippen MR) is 379 cm³/mol. The lowest BCUT2D eigenvalue weighted by molar-refractivity contribution is -0.205. The summed E-state index contributed by atoms with van der Waals surface area (Å²) in [6.45, 7) is 11.0. The fraction of sp³-hybridized carbons (Fsp3) is 0.554. The summed E-state index contributed by atoms with van der Waals surface area (Å²) in [7, 11) is 0. The summed E-state index contributed by atoms with van der Waals surface area (Å²) in [6.07, 6.45) is 21.1. The molecule has 0 aromatic heterocycles. The van der Waals surface area contributed by atoms with E-state index in [1.807, 2.05) is 6.07 Å². The molecule has 572 valence electrons. The Balaban J connectivity index is 0.000000189. The lowest BCUT2D eigenvalue weighted by Crippen LogP contribution is -2.32. The van der Waals surface area contributed by atoms with E-state index in [9.17, 15) is 57.1 Å². The van der Waals surface area contributed by atoms with Crippen LogP contribution in [0.1, 0.15) is 208 Å². The largest absolute Gasteiger partial charge is 0.483 e. The highest BCUT2D eigenvalue weighted by Crippen LogP contribution is 2.45. The van der Waals surface area contributed by atoms with Gasteiger partial charge in [-0.25, -0.2) is 53.1 Å². The summed E-state index contributed by atoms with van der Waals surface area (Å²) in [6, 6.07) is 22.4. The van der Waals surface area contributed by atoms with Crippen LogP contribution in [0, 0.1) is 94.8 Å². The van der Waals surface area contributed by atoms with Crippen molar-refractivity contribution in [3.05, 3.63) is 177 Å². The molecule has 3 heterocycles. The van der Waals surface area contributed by atoms with Gasteiger partial charge in [0.25, 0.3) is 0 Å². The van der Waals surface area contributed by atoms with Crippen molar-refractivity contribution in [2.75, 3.05) is 46.6 Å². The molecule has 21 heteroatoms. The number of alkyl halides is 2. The minimum atomic E-state index is -2.83. The Kier molecular flexibility index (Phi) is 34.3. The summed E-state index contributed by atoms with van der Waals surface area (Å²) < 4.78 is 201. The van der Waals surface area contributed by atoms with E-state index in [-0.39, 0.29) is 74.7 Å².